The number of benzene rings is 2. The van der Waals surface area contributed by atoms with Gasteiger partial charge in [-0.25, -0.2) is 0 Å². The Balaban J connectivity index is 1.66. The lowest BCUT2D eigenvalue weighted by Gasteiger charge is -2.21. The molecule has 2 N–H and O–H groups in total. The summed E-state index contributed by atoms with van der Waals surface area (Å²) in [6.45, 7) is 6.64. The molecule has 21 heavy (non-hydrogen) atoms. The minimum Gasteiger partial charge on any atom is -0.493 e. The van der Waals surface area contributed by atoms with E-state index in [2.05, 4.69) is 17.9 Å². The van der Waals surface area contributed by atoms with Crippen LogP contribution >= 0.6 is 0 Å². The maximum Gasteiger partial charge on any atom is 0.127 e. The highest BCUT2D eigenvalue weighted by molar-refractivity contribution is 5.96. The van der Waals surface area contributed by atoms with Crippen LogP contribution in [-0.4, -0.2) is 31.1 Å². The molecule has 112 valence electrons. The lowest BCUT2D eigenvalue weighted by Crippen LogP contribution is -2.28. The number of nitrogens with zero attached hydrogens (tertiary/aromatic N) is 1. The van der Waals surface area contributed by atoms with Crippen molar-refractivity contribution in [1.82, 2.24) is 4.90 Å². The average molecular weight is 284 g/mol. The number of anilines is 1. The quantitative estimate of drug-likeness (QED) is 0.854. The van der Waals surface area contributed by atoms with Gasteiger partial charge in [-0.2, -0.15) is 0 Å². The minimum atomic E-state index is 0.541. The van der Waals surface area contributed by atoms with E-state index in [-0.39, 0.29) is 0 Å². The van der Waals surface area contributed by atoms with E-state index in [1.165, 1.54) is 25.9 Å². The molecule has 1 heterocycles. The van der Waals surface area contributed by atoms with Crippen molar-refractivity contribution >= 4 is 16.5 Å². The Bertz CT molecular complexity index is 605. The number of rotatable bonds is 5. The van der Waals surface area contributed by atoms with Gasteiger partial charge in [0.15, 0.2) is 0 Å². The third-order valence-electron chi connectivity index (χ3n) is 4.21. The molecule has 0 aromatic heterocycles. The summed E-state index contributed by atoms with van der Waals surface area (Å²) in [6.07, 6.45) is 2.69. The van der Waals surface area contributed by atoms with Crippen molar-refractivity contribution < 1.29 is 4.74 Å². The van der Waals surface area contributed by atoms with Gasteiger partial charge in [-0.1, -0.05) is 31.2 Å². The summed E-state index contributed by atoms with van der Waals surface area (Å²) >= 11 is 0. The Morgan fingerprint density at radius 2 is 1.81 bits per heavy atom. The lowest BCUT2D eigenvalue weighted by atomic mass is 10.1. The molecule has 0 amide bonds. The van der Waals surface area contributed by atoms with Gasteiger partial charge in [-0.3, -0.25) is 0 Å². The summed E-state index contributed by atoms with van der Waals surface area (Å²) in [4.78, 5) is 2.54. The first-order valence-electron chi connectivity index (χ1n) is 7.86. The molecular weight excluding hydrogens is 260 g/mol. The SMILES string of the molecule is CC(COc1cccc2c(N)cccc12)CN1CCCC1. The number of nitrogen functional groups attached to an aromatic ring is 1. The molecule has 1 aliphatic rings. The Hall–Kier alpha value is -1.74. The maximum absolute atomic E-state index is 6.06. The van der Waals surface area contributed by atoms with Crippen LogP contribution in [0.25, 0.3) is 10.8 Å². The fourth-order valence-corrected chi connectivity index (χ4v) is 3.12. The zero-order valence-electron chi connectivity index (χ0n) is 12.7. The van der Waals surface area contributed by atoms with E-state index < -0.39 is 0 Å². The standard InChI is InChI=1S/C18H24N2O/c1-14(12-20-10-2-3-11-20)13-21-18-9-5-6-15-16(18)7-4-8-17(15)19/h4-9,14H,2-3,10-13,19H2,1H3. The Kier molecular flexibility index (Phi) is 4.30. The Morgan fingerprint density at radius 1 is 1.10 bits per heavy atom. The number of ether oxygens (including phenoxy) is 1. The van der Waals surface area contributed by atoms with Crippen molar-refractivity contribution in [3.8, 4) is 5.75 Å². The predicted molar refractivity (Wildman–Crippen MR) is 88.7 cm³/mol. The average Bonchev–Trinajstić information content (AvgIpc) is 2.98. The minimum absolute atomic E-state index is 0.541. The normalized spacial score (nSPS) is 17.2. The van der Waals surface area contributed by atoms with E-state index >= 15 is 0 Å². The van der Waals surface area contributed by atoms with Crippen LogP contribution in [0.2, 0.25) is 0 Å². The van der Waals surface area contributed by atoms with Crippen molar-refractivity contribution in [3.05, 3.63) is 36.4 Å². The summed E-state index contributed by atoms with van der Waals surface area (Å²) in [5.41, 5.74) is 6.84. The van der Waals surface area contributed by atoms with E-state index in [1.54, 1.807) is 0 Å². The topological polar surface area (TPSA) is 38.5 Å². The van der Waals surface area contributed by atoms with E-state index in [0.29, 0.717) is 5.92 Å². The molecule has 2 aromatic rings. The molecule has 1 atom stereocenters. The molecular formula is C18H24N2O. The highest BCUT2D eigenvalue weighted by Gasteiger charge is 2.15. The van der Waals surface area contributed by atoms with Crippen LogP contribution in [0, 0.1) is 5.92 Å². The first-order valence-corrected chi connectivity index (χ1v) is 7.86. The smallest absolute Gasteiger partial charge is 0.127 e. The van der Waals surface area contributed by atoms with Crippen LogP contribution in [0.1, 0.15) is 19.8 Å². The number of hydrogen-bond donors (Lipinski definition) is 1. The molecule has 1 unspecified atom stereocenters. The summed E-state index contributed by atoms with van der Waals surface area (Å²) in [7, 11) is 0. The number of hydrogen-bond acceptors (Lipinski definition) is 3. The van der Waals surface area contributed by atoms with Gasteiger partial charge in [0.25, 0.3) is 0 Å². The molecule has 0 aliphatic carbocycles. The second kappa shape index (κ2) is 6.35. The first-order chi connectivity index (χ1) is 10.2. The fourth-order valence-electron chi connectivity index (χ4n) is 3.12. The highest BCUT2D eigenvalue weighted by Crippen LogP contribution is 2.29. The Morgan fingerprint density at radius 3 is 2.62 bits per heavy atom. The largest absolute Gasteiger partial charge is 0.493 e. The lowest BCUT2D eigenvalue weighted by molar-refractivity contribution is 0.207. The fraction of sp³-hybridized carbons (Fsp3) is 0.444. The molecule has 0 radical (unpaired) electrons. The number of fused-ring (bicyclic) bond motifs is 1. The van der Waals surface area contributed by atoms with E-state index in [4.69, 9.17) is 10.5 Å². The van der Waals surface area contributed by atoms with E-state index in [9.17, 15) is 0 Å². The zero-order valence-corrected chi connectivity index (χ0v) is 12.7. The van der Waals surface area contributed by atoms with Gasteiger partial charge in [0.2, 0.25) is 0 Å². The monoisotopic (exact) mass is 284 g/mol. The maximum atomic E-state index is 6.06. The van der Waals surface area contributed by atoms with Crippen LogP contribution in [0.15, 0.2) is 36.4 Å². The van der Waals surface area contributed by atoms with Crippen molar-refractivity contribution in [2.75, 3.05) is 32.0 Å². The third kappa shape index (κ3) is 3.30. The van der Waals surface area contributed by atoms with Crippen molar-refractivity contribution in [1.29, 1.82) is 0 Å². The second-order valence-corrected chi connectivity index (χ2v) is 6.12. The molecule has 1 fully saturated rings. The molecule has 2 aromatic carbocycles. The van der Waals surface area contributed by atoms with Gasteiger partial charge >= 0.3 is 0 Å². The van der Waals surface area contributed by atoms with Crippen LogP contribution in [0.3, 0.4) is 0 Å². The van der Waals surface area contributed by atoms with Crippen LogP contribution in [-0.2, 0) is 0 Å². The van der Waals surface area contributed by atoms with Crippen molar-refractivity contribution in [3.63, 3.8) is 0 Å². The summed E-state index contributed by atoms with van der Waals surface area (Å²) in [5.74, 6) is 1.48. The summed E-state index contributed by atoms with van der Waals surface area (Å²) in [6, 6.07) is 12.1. The second-order valence-electron chi connectivity index (χ2n) is 6.12. The molecule has 1 aliphatic heterocycles. The van der Waals surface area contributed by atoms with Gasteiger partial charge in [0, 0.05) is 28.9 Å². The van der Waals surface area contributed by atoms with Crippen LogP contribution in [0.4, 0.5) is 5.69 Å². The molecule has 3 rings (SSSR count). The van der Waals surface area contributed by atoms with Gasteiger partial charge < -0.3 is 15.4 Å². The molecule has 0 bridgehead atoms. The Labute approximate surface area is 126 Å². The molecule has 0 spiro atoms. The zero-order chi connectivity index (χ0) is 14.7. The van der Waals surface area contributed by atoms with Gasteiger partial charge in [-0.15, -0.1) is 0 Å². The van der Waals surface area contributed by atoms with Gasteiger partial charge in [0.1, 0.15) is 5.75 Å². The van der Waals surface area contributed by atoms with Gasteiger partial charge in [0.05, 0.1) is 6.61 Å². The van der Waals surface area contributed by atoms with Gasteiger partial charge in [-0.05, 0) is 38.1 Å². The van der Waals surface area contributed by atoms with E-state index in [0.717, 1.165) is 35.4 Å². The van der Waals surface area contributed by atoms with Crippen molar-refractivity contribution in [2.45, 2.75) is 19.8 Å². The molecule has 1 saturated heterocycles. The highest BCUT2D eigenvalue weighted by atomic mass is 16.5. The number of likely N-dealkylation sites (tertiary alicyclic amines) is 1. The molecule has 3 heteroatoms. The molecule has 0 saturated carbocycles. The van der Waals surface area contributed by atoms with Crippen LogP contribution in [0.5, 0.6) is 5.75 Å². The van der Waals surface area contributed by atoms with Crippen molar-refractivity contribution in [2.24, 2.45) is 5.92 Å². The molecule has 3 nitrogen and oxygen atoms in total. The summed E-state index contributed by atoms with van der Waals surface area (Å²) in [5, 5.41) is 2.17. The predicted octanol–water partition coefficient (Wildman–Crippen LogP) is 3.53. The first kappa shape index (κ1) is 14.2. The summed E-state index contributed by atoms with van der Waals surface area (Å²) < 4.78 is 6.06. The number of nitrogens with two attached hydrogens (primary N) is 1. The van der Waals surface area contributed by atoms with E-state index in [1.807, 2.05) is 30.3 Å². The third-order valence-corrected chi connectivity index (χ3v) is 4.21. The van der Waals surface area contributed by atoms with Crippen LogP contribution < -0.4 is 10.5 Å².